The normalized spacial score (nSPS) is 8.37. The zero-order chi connectivity index (χ0) is 27.0. The molecule has 9 radical (unpaired) electrons. The standard InChI is InChI=1S/9Cu.6FO3Si.4H2O/c;;;;;;;;;6*1-5(2,3)4;;;;/h;;;;;;;;;;;;;;;4*1H2/q9*+2;6*-3;;;;. The Labute approximate surface area is 338 Å². The Morgan fingerprint density at radius 3 is 0.186 bits per heavy atom. The Morgan fingerprint density at radius 2 is 0.186 bits per heavy atom. The fraction of sp³-hybridized carbons (Fsp3) is 0. The van der Waals surface area contributed by atoms with Crippen LogP contribution in [0.5, 0.6) is 0 Å². The second-order valence-corrected chi connectivity index (χ2v) is 8.67. The molecule has 0 rings (SSSR count). The van der Waals surface area contributed by atoms with Gasteiger partial charge in [-0.3, -0.25) is 0 Å². The van der Waals surface area contributed by atoms with Gasteiger partial charge in [-0.25, -0.2) is 0 Å². The van der Waals surface area contributed by atoms with E-state index in [2.05, 4.69) is 0 Å². The zero-order valence-electron chi connectivity index (χ0n) is 17.3. The first-order valence-electron chi connectivity index (χ1n) is 4.81. The Hall–Kier alpha value is 4.68. The monoisotopic (exact) mass is 1210 g/mol. The molecule has 8 N–H and O–H groups in total. The summed E-state index contributed by atoms with van der Waals surface area (Å²) in [5.41, 5.74) is 0. The molecule has 0 aliphatic rings. The minimum atomic E-state index is -5.86. The quantitative estimate of drug-likeness (QED) is 0.123. The van der Waals surface area contributed by atoms with Crippen LogP contribution in [0, 0.1) is 0 Å². The molecule has 0 unspecified atom stereocenters. The Morgan fingerprint density at radius 1 is 0.186 bits per heavy atom. The van der Waals surface area contributed by atoms with Crippen molar-refractivity contribution in [2.45, 2.75) is 0 Å². The van der Waals surface area contributed by atoms with Crippen molar-refractivity contribution in [1.29, 1.82) is 0 Å². The van der Waals surface area contributed by atoms with Gasteiger partial charge in [-0.05, 0) is 0 Å². The van der Waals surface area contributed by atoms with Crippen LogP contribution in [0.1, 0.15) is 0 Å². The van der Waals surface area contributed by atoms with E-state index in [9.17, 15) is 24.6 Å². The molecule has 0 aromatic carbocycles. The molecule has 0 fully saturated rings. The minimum absolute atomic E-state index is 0. The fourth-order valence-corrected chi connectivity index (χ4v) is 0. The molecule has 0 atom stereocenters. The van der Waals surface area contributed by atoms with Gasteiger partial charge in [0.15, 0.2) is 0 Å². The average molecular weight is 1210 g/mol. The van der Waals surface area contributed by atoms with Gasteiger partial charge in [0.1, 0.15) is 0 Å². The molecule has 0 amide bonds. The molecular formula is H8Cu9F6O22Si6. The summed E-state index contributed by atoms with van der Waals surface area (Å²) in [6.45, 7) is 0. The molecule has 22 nitrogen and oxygen atoms in total. The number of rotatable bonds is 0. The van der Waals surface area contributed by atoms with Crippen molar-refractivity contribution in [1.82, 2.24) is 0 Å². The van der Waals surface area contributed by atoms with E-state index in [-0.39, 0.29) is 176 Å². The zero-order valence-corrected chi connectivity index (χ0v) is 31.8. The first-order valence-corrected chi connectivity index (χ1v) is 14.4. The minimum Gasteiger partial charge on any atom is -0.857 e. The van der Waals surface area contributed by atoms with Crippen LogP contribution in [0.15, 0.2) is 0 Å². The topological polar surface area (TPSA) is 541 Å². The van der Waals surface area contributed by atoms with Crippen LogP contribution in [-0.4, -0.2) is 76.7 Å². The number of halogens is 6. The maximum absolute atomic E-state index is 10.2. The van der Waals surface area contributed by atoms with Gasteiger partial charge < -0.3 is 133 Å². The van der Waals surface area contributed by atoms with Gasteiger partial charge in [-0.15, -0.1) is 0 Å². The SMILES string of the molecule is O.O.O.O.[Cu+2].[Cu+2].[Cu+2].[Cu+2].[Cu+2].[Cu+2].[Cu+2].[Cu+2].[Cu+2].[O-][Si]([O-])([O-])F.[O-][Si]([O-])([O-])F.[O-][Si]([O-])([O-])F.[O-][Si]([O-])([O-])F.[O-][Si]([O-])([O-])F.[O-][Si]([O-])([O-])F. The first kappa shape index (κ1) is 126. The van der Waals surface area contributed by atoms with Gasteiger partial charge in [0.2, 0.25) is 0 Å². The van der Waals surface area contributed by atoms with Crippen molar-refractivity contribution in [3.63, 3.8) is 0 Å². The molecule has 0 heterocycles. The van der Waals surface area contributed by atoms with Crippen LogP contribution in [0.2, 0.25) is 0 Å². The summed E-state index contributed by atoms with van der Waals surface area (Å²) in [7, 11) is -35.2. The first-order chi connectivity index (χ1) is 12.0. The molecular weight excluding hydrogens is 1210 g/mol. The van der Waals surface area contributed by atoms with Gasteiger partial charge in [0, 0.05) is 0 Å². The third kappa shape index (κ3) is 4260. The van der Waals surface area contributed by atoms with Crippen molar-refractivity contribution in [3.8, 4) is 0 Å². The summed E-state index contributed by atoms with van der Waals surface area (Å²) in [6.07, 6.45) is 0. The number of hydrogen-bond donors (Lipinski definition) is 0. The smallest absolute Gasteiger partial charge is 0.857 e. The maximum atomic E-state index is 10.2. The average Bonchev–Trinajstić information content (AvgIpc) is 1.94. The Balaban J connectivity index is -0.00000000892. The van der Waals surface area contributed by atoms with Crippen LogP contribution < -0.4 is 86.3 Å². The molecule has 0 aliphatic heterocycles. The molecule has 0 saturated carbocycles. The van der Waals surface area contributed by atoms with Crippen molar-refractivity contribution >= 4 is 54.8 Å². The summed E-state index contributed by atoms with van der Waals surface area (Å²) < 4.78 is 61.0. The molecule has 43 heavy (non-hydrogen) atoms. The van der Waals surface area contributed by atoms with E-state index in [1.54, 1.807) is 0 Å². The van der Waals surface area contributed by atoms with Crippen molar-refractivity contribution in [2.24, 2.45) is 0 Å². The van der Waals surface area contributed by atoms with E-state index in [1.165, 1.54) is 0 Å². The molecule has 0 aliphatic carbocycles. The molecule has 0 saturated heterocycles. The predicted octanol–water partition coefficient (Wildman–Crippen LogP) is -24.5. The third-order valence-electron chi connectivity index (χ3n) is 0. The Bertz CT molecular complexity index is 262. The van der Waals surface area contributed by atoms with E-state index in [0.717, 1.165) is 0 Å². The molecule has 0 aromatic heterocycles. The molecule has 0 spiro atoms. The van der Waals surface area contributed by atoms with Crippen LogP contribution >= 0.6 is 0 Å². The summed E-state index contributed by atoms with van der Waals surface area (Å²) in [6, 6.07) is 0. The maximum Gasteiger partial charge on any atom is 2.00 e. The van der Waals surface area contributed by atoms with Crippen molar-refractivity contribution < 1.29 is 286 Å². The van der Waals surface area contributed by atoms with Crippen LogP contribution in [0.4, 0.5) is 24.6 Å². The van der Waals surface area contributed by atoms with Gasteiger partial charge >= 0.3 is 154 Å². The Kier molecular flexibility index (Phi) is 173. The number of hydrogen-bond acceptors (Lipinski definition) is 18. The fourth-order valence-electron chi connectivity index (χ4n) is 0. The predicted molar refractivity (Wildman–Crippen MR) is 55.6 cm³/mol. The van der Waals surface area contributed by atoms with E-state index >= 15 is 0 Å². The molecule has 0 aromatic rings. The third-order valence-corrected chi connectivity index (χ3v) is 0. The van der Waals surface area contributed by atoms with Crippen molar-refractivity contribution in [2.75, 3.05) is 0 Å². The van der Waals surface area contributed by atoms with E-state index in [4.69, 9.17) is 86.3 Å². The summed E-state index contributed by atoms with van der Waals surface area (Å²) >= 11 is 0. The van der Waals surface area contributed by atoms with Crippen LogP contribution in [-0.2, 0) is 154 Å². The largest absolute Gasteiger partial charge is 2.00 e. The summed E-state index contributed by atoms with van der Waals surface area (Å²) in [4.78, 5) is 152. The second-order valence-electron chi connectivity index (χ2n) is 2.89. The van der Waals surface area contributed by atoms with E-state index in [0.29, 0.717) is 0 Å². The van der Waals surface area contributed by atoms with Crippen LogP contribution in [0.3, 0.4) is 0 Å². The second kappa shape index (κ2) is 58.9. The van der Waals surface area contributed by atoms with Gasteiger partial charge in [0.05, 0.1) is 0 Å². The summed E-state index contributed by atoms with van der Waals surface area (Å²) in [5, 5.41) is 0. The summed E-state index contributed by atoms with van der Waals surface area (Å²) in [5.74, 6) is 0. The van der Waals surface area contributed by atoms with Gasteiger partial charge in [-0.1, -0.05) is 54.8 Å². The van der Waals surface area contributed by atoms with E-state index < -0.39 is 54.8 Å². The molecule has 43 heteroatoms. The van der Waals surface area contributed by atoms with Crippen LogP contribution in [0.25, 0.3) is 0 Å². The van der Waals surface area contributed by atoms with Crippen molar-refractivity contribution in [3.05, 3.63) is 0 Å². The molecule has 305 valence electrons. The molecule has 0 bridgehead atoms. The van der Waals surface area contributed by atoms with E-state index in [1.807, 2.05) is 0 Å². The van der Waals surface area contributed by atoms with Gasteiger partial charge in [-0.2, -0.15) is 0 Å². The van der Waals surface area contributed by atoms with Gasteiger partial charge in [0.25, 0.3) is 0 Å².